The minimum Gasteiger partial charge on any atom is -0.465 e. The van der Waals surface area contributed by atoms with Crippen LogP contribution in [0, 0.1) is 0 Å². The van der Waals surface area contributed by atoms with Crippen molar-refractivity contribution in [1.82, 2.24) is 0 Å². The molecule has 1 atom stereocenters. The lowest BCUT2D eigenvalue weighted by atomic mass is 10.1. The molecule has 1 rings (SSSR count). The Balaban J connectivity index is 2.96. The molecular weight excluding hydrogens is 227 g/mol. The molecule has 0 spiro atoms. The van der Waals surface area contributed by atoms with Crippen molar-refractivity contribution in [3.8, 4) is 0 Å². The van der Waals surface area contributed by atoms with Gasteiger partial charge < -0.3 is 14.4 Å². The highest BCUT2D eigenvalue weighted by Crippen LogP contribution is 2.50. The third kappa shape index (κ3) is 2.94. The van der Waals surface area contributed by atoms with Gasteiger partial charge in [0.05, 0.1) is 12.7 Å². The Labute approximate surface area is 94.6 Å². The standard InChI is InChI=1S/C11H15O4P/c1-15-10(12)8-4-6-9(7-5-8)11(13)16(2,3)14/h4-7,11,13H,1-3H3. The van der Waals surface area contributed by atoms with Crippen LogP contribution in [-0.2, 0) is 9.30 Å². The summed E-state index contributed by atoms with van der Waals surface area (Å²) in [6.07, 6.45) is 0. The molecule has 16 heavy (non-hydrogen) atoms. The molecule has 0 saturated heterocycles. The SMILES string of the molecule is COC(=O)c1ccc(C(O)P(C)(C)=O)cc1. The van der Waals surface area contributed by atoms with Crippen LogP contribution in [0.4, 0.5) is 0 Å². The minimum absolute atomic E-state index is 0.403. The van der Waals surface area contributed by atoms with Crippen LogP contribution in [0.1, 0.15) is 21.8 Å². The highest BCUT2D eigenvalue weighted by molar-refractivity contribution is 7.62. The van der Waals surface area contributed by atoms with Crippen LogP contribution in [-0.4, -0.2) is 31.5 Å². The van der Waals surface area contributed by atoms with Gasteiger partial charge >= 0.3 is 5.97 Å². The van der Waals surface area contributed by atoms with Crippen LogP contribution in [0.2, 0.25) is 0 Å². The fraction of sp³-hybridized carbons (Fsp3) is 0.364. The summed E-state index contributed by atoms with van der Waals surface area (Å²) in [5, 5.41) is 9.76. The maximum absolute atomic E-state index is 11.6. The summed E-state index contributed by atoms with van der Waals surface area (Å²) in [4.78, 5) is 11.2. The molecule has 5 heteroatoms. The largest absolute Gasteiger partial charge is 0.465 e. The van der Waals surface area contributed by atoms with Crippen molar-refractivity contribution in [3.63, 3.8) is 0 Å². The van der Waals surface area contributed by atoms with Gasteiger partial charge in [-0.3, -0.25) is 0 Å². The molecule has 1 unspecified atom stereocenters. The van der Waals surface area contributed by atoms with E-state index in [1.165, 1.54) is 20.4 Å². The smallest absolute Gasteiger partial charge is 0.337 e. The fourth-order valence-corrected chi connectivity index (χ4v) is 2.16. The first-order chi connectivity index (χ1) is 7.36. The lowest BCUT2D eigenvalue weighted by Gasteiger charge is -2.15. The molecule has 0 bridgehead atoms. The van der Waals surface area contributed by atoms with Crippen LogP contribution < -0.4 is 0 Å². The Morgan fingerprint density at radius 1 is 1.31 bits per heavy atom. The Kier molecular flexibility index (Phi) is 3.89. The van der Waals surface area contributed by atoms with E-state index in [9.17, 15) is 14.5 Å². The van der Waals surface area contributed by atoms with E-state index in [0.717, 1.165) is 0 Å². The summed E-state index contributed by atoms with van der Waals surface area (Å²) in [5.74, 6) is -1.42. The molecule has 0 radical (unpaired) electrons. The molecule has 0 saturated carbocycles. The van der Waals surface area contributed by atoms with Gasteiger partial charge in [0.15, 0.2) is 0 Å². The Hall–Kier alpha value is -1.12. The average molecular weight is 242 g/mol. The molecule has 0 aliphatic rings. The van der Waals surface area contributed by atoms with Crippen LogP contribution in [0.3, 0.4) is 0 Å². The van der Waals surface area contributed by atoms with Gasteiger partial charge in [0, 0.05) is 0 Å². The van der Waals surface area contributed by atoms with Crippen molar-refractivity contribution in [2.75, 3.05) is 20.4 Å². The van der Waals surface area contributed by atoms with Crippen molar-refractivity contribution in [2.45, 2.75) is 5.85 Å². The lowest BCUT2D eigenvalue weighted by molar-refractivity contribution is 0.0600. The summed E-state index contributed by atoms with van der Waals surface area (Å²) in [7, 11) is -1.28. The van der Waals surface area contributed by atoms with Gasteiger partial charge in [-0.2, -0.15) is 0 Å². The van der Waals surface area contributed by atoms with Crippen molar-refractivity contribution in [2.24, 2.45) is 0 Å². The monoisotopic (exact) mass is 242 g/mol. The van der Waals surface area contributed by atoms with Crippen molar-refractivity contribution >= 4 is 13.1 Å². The van der Waals surface area contributed by atoms with Gasteiger partial charge in [-0.25, -0.2) is 4.79 Å². The van der Waals surface area contributed by atoms with Crippen molar-refractivity contribution in [1.29, 1.82) is 0 Å². The third-order valence-electron chi connectivity index (χ3n) is 2.22. The van der Waals surface area contributed by atoms with E-state index in [1.807, 2.05) is 0 Å². The molecule has 1 N–H and O–H groups in total. The van der Waals surface area contributed by atoms with E-state index in [2.05, 4.69) is 4.74 Å². The Morgan fingerprint density at radius 3 is 2.19 bits per heavy atom. The van der Waals surface area contributed by atoms with Crippen LogP contribution in [0.25, 0.3) is 0 Å². The summed E-state index contributed by atoms with van der Waals surface area (Å²) < 4.78 is 16.2. The zero-order chi connectivity index (χ0) is 12.3. The van der Waals surface area contributed by atoms with Gasteiger partial charge in [0.2, 0.25) is 0 Å². The first kappa shape index (κ1) is 12.9. The van der Waals surface area contributed by atoms with Crippen molar-refractivity contribution in [3.05, 3.63) is 35.4 Å². The molecule has 0 aliphatic heterocycles. The van der Waals surface area contributed by atoms with Gasteiger partial charge in [0.1, 0.15) is 13.0 Å². The molecule has 88 valence electrons. The Bertz CT molecular complexity index is 418. The van der Waals surface area contributed by atoms with Gasteiger partial charge in [-0.1, -0.05) is 12.1 Å². The maximum atomic E-state index is 11.6. The van der Waals surface area contributed by atoms with Crippen LogP contribution >= 0.6 is 7.14 Å². The zero-order valence-corrected chi connectivity index (χ0v) is 10.4. The summed E-state index contributed by atoms with van der Waals surface area (Å²) in [6.45, 7) is 3.04. The number of aliphatic hydroxyl groups is 1. The number of hydrogen-bond donors (Lipinski definition) is 1. The van der Waals surface area contributed by atoms with Crippen LogP contribution in [0.15, 0.2) is 24.3 Å². The minimum atomic E-state index is -2.59. The third-order valence-corrected chi connectivity index (χ3v) is 3.70. The van der Waals surface area contributed by atoms with Gasteiger partial charge in [-0.15, -0.1) is 0 Å². The molecule has 0 aromatic heterocycles. The summed E-state index contributed by atoms with van der Waals surface area (Å²) in [5.41, 5.74) is 0.946. The molecule has 1 aromatic carbocycles. The molecule has 1 aromatic rings. The normalized spacial score (nSPS) is 13.2. The fourth-order valence-electron chi connectivity index (χ4n) is 1.27. The predicted molar refractivity (Wildman–Crippen MR) is 62.2 cm³/mol. The first-order valence-corrected chi connectivity index (χ1v) is 7.44. The molecule has 0 fully saturated rings. The number of methoxy groups -OCH3 is 1. The molecule has 4 nitrogen and oxygen atoms in total. The maximum Gasteiger partial charge on any atom is 0.337 e. The van der Waals surface area contributed by atoms with E-state index in [-0.39, 0.29) is 0 Å². The highest BCUT2D eigenvalue weighted by atomic mass is 31.2. The van der Waals surface area contributed by atoms with Crippen molar-refractivity contribution < 1.29 is 19.2 Å². The number of carbonyl (C=O) groups is 1. The number of ether oxygens (including phenoxy) is 1. The second-order valence-corrected chi connectivity index (χ2v) is 7.28. The van der Waals surface area contributed by atoms with E-state index in [0.29, 0.717) is 11.1 Å². The summed E-state index contributed by atoms with van der Waals surface area (Å²) >= 11 is 0. The summed E-state index contributed by atoms with van der Waals surface area (Å²) in [6, 6.07) is 6.24. The molecule has 0 aliphatic carbocycles. The van der Waals surface area contributed by atoms with E-state index < -0.39 is 19.0 Å². The molecule has 0 heterocycles. The topological polar surface area (TPSA) is 63.6 Å². The van der Waals surface area contributed by atoms with E-state index in [1.54, 1.807) is 24.3 Å². The number of aliphatic hydroxyl groups excluding tert-OH is 1. The number of carbonyl (C=O) groups excluding carboxylic acids is 1. The molecule has 0 amide bonds. The van der Waals surface area contributed by atoms with Crippen LogP contribution in [0.5, 0.6) is 0 Å². The average Bonchev–Trinajstić information content (AvgIpc) is 2.26. The van der Waals surface area contributed by atoms with E-state index >= 15 is 0 Å². The number of benzene rings is 1. The zero-order valence-electron chi connectivity index (χ0n) is 9.51. The second kappa shape index (κ2) is 4.81. The molecular formula is C11H15O4P. The van der Waals surface area contributed by atoms with Gasteiger partial charge in [-0.05, 0) is 31.0 Å². The second-order valence-electron chi connectivity index (χ2n) is 3.92. The number of hydrogen-bond acceptors (Lipinski definition) is 4. The highest BCUT2D eigenvalue weighted by Gasteiger charge is 2.22. The van der Waals surface area contributed by atoms with E-state index in [4.69, 9.17) is 0 Å². The number of rotatable bonds is 3. The van der Waals surface area contributed by atoms with Gasteiger partial charge in [0.25, 0.3) is 0 Å². The first-order valence-electron chi connectivity index (χ1n) is 4.77. The quantitative estimate of drug-likeness (QED) is 0.651. The Morgan fingerprint density at radius 2 is 1.81 bits per heavy atom. The predicted octanol–water partition coefficient (Wildman–Crippen LogP) is 2.09. The number of esters is 1. The lowest BCUT2D eigenvalue weighted by Crippen LogP contribution is -2.02.